The van der Waals surface area contributed by atoms with Gasteiger partial charge in [0.05, 0.1) is 57.5 Å². The summed E-state index contributed by atoms with van der Waals surface area (Å²) < 4.78 is 60.2. The van der Waals surface area contributed by atoms with Gasteiger partial charge in [-0.15, -0.1) is 0 Å². The number of hydrogen-bond donors (Lipinski definition) is 15. The van der Waals surface area contributed by atoms with E-state index in [4.69, 9.17) is 47.4 Å². The summed E-state index contributed by atoms with van der Waals surface area (Å²) in [5.74, 6) is 0.618. The first-order valence-electron chi connectivity index (χ1n) is 27.5. The molecular formula is C51H84O25. The number of aliphatic hydroxyl groups excluding tert-OH is 15. The van der Waals surface area contributed by atoms with Gasteiger partial charge >= 0.3 is 0 Å². The second kappa shape index (κ2) is 22.3. The summed E-state index contributed by atoms with van der Waals surface area (Å²) in [7, 11) is 0. The van der Waals surface area contributed by atoms with Crippen LogP contribution in [0.1, 0.15) is 79.1 Å². The van der Waals surface area contributed by atoms with E-state index < -0.39 is 173 Å². The van der Waals surface area contributed by atoms with Crippen LogP contribution >= 0.6 is 0 Å². The molecule has 0 aromatic heterocycles. The van der Waals surface area contributed by atoms with Crippen molar-refractivity contribution in [1.29, 1.82) is 0 Å². The van der Waals surface area contributed by atoms with E-state index in [1.807, 2.05) is 0 Å². The molecule has 6 aliphatic heterocycles. The molecule has 25 heteroatoms. The minimum atomic E-state index is -2.10. The van der Waals surface area contributed by atoms with Crippen LogP contribution in [0.3, 0.4) is 0 Å². The van der Waals surface area contributed by atoms with Gasteiger partial charge in [0.2, 0.25) is 0 Å². The number of hydrogen-bond acceptors (Lipinski definition) is 25. The molecule has 438 valence electrons. The average molecular weight is 1100 g/mol. The van der Waals surface area contributed by atoms with Crippen molar-refractivity contribution in [1.82, 2.24) is 0 Å². The molecule has 4 saturated carbocycles. The Kier molecular flexibility index (Phi) is 17.1. The monoisotopic (exact) mass is 1100 g/mol. The SMILES string of the molecule is C[C@@H]1CC[C@@]2(OC1)O[C@H]1[C@@H](O)[C@H]3[C@@H]4CC[C@H]5C[C@@H](O[C@@H]6O[C@H](CO)[C@H](O[C@@H]7O[C@H](CO)[C@@H](O)[C@H](O)[C@H]7O[C@@H]7O[C@H](CO)[C@H](O)[C@H](O[C@@H]8O[C@H](CO)[C@@H](O)[C@H](O)[C@H]8O)[C@H]7O)[C@H](O)[C@H]6O)[C@H](O)C[C@]5(C)[C@H]4CC[C@]3(C)[C@H]1[C@@H]2C. The standard InChI is InChI=1S/C51H84O25/c1-18-7-10-51(67-17-18)19(2)29-42(76-51)34(60)30-21-6-5-20-11-24(23(56)12-50(20,4)22(21)8-9-49(29,30)3)68-45-39(65)37(63)41(28(16-55)72-45)73-48-44(36(62)32(58)26(14-53)71-48)75-47-40(66)43(33(59)27(15-54)70-47)74-46-38(64)35(61)31(57)25(13-52)69-46/h18-48,52-66H,5-17H2,1-4H3/t18-,19+,20+,21-,22+,23-,24-,25-,26-,27-,28-,29+,30-,31-,32-,33+,34+,35+,36+,37-,38-,39-,40-,41+,42-,43+,44-,45-,46+,47+,48+,49-,50+,51-/m1/s1. The lowest BCUT2D eigenvalue weighted by Crippen LogP contribution is -2.68. The molecule has 0 unspecified atom stereocenters. The molecule has 76 heavy (non-hydrogen) atoms. The number of ether oxygens (including phenoxy) is 10. The van der Waals surface area contributed by atoms with E-state index in [1.54, 1.807) is 0 Å². The fourth-order valence-electron chi connectivity index (χ4n) is 16.2. The molecule has 10 rings (SSSR count). The van der Waals surface area contributed by atoms with E-state index >= 15 is 0 Å². The Hall–Kier alpha value is -1.00. The lowest BCUT2D eigenvalue weighted by atomic mass is 9.44. The largest absolute Gasteiger partial charge is 0.394 e. The third-order valence-electron chi connectivity index (χ3n) is 20.4. The molecule has 0 aromatic rings. The second-order valence-corrected chi connectivity index (χ2v) is 24.6. The summed E-state index contributed by atoms with van der Waals surface area (Å²) in [5.41, 5.74) is -0.460. The van der Waals surface area contributed by atoms with Crippen LogP contribution in [0.5, 0.6) is 0 Å². The first kappa shape index (κ1) is 58.2. The van der Waals surface area contributed by atoms with Crippen LogP contribution in [-0.4, -0.2) is 263 Å². The van der Waals surface area contributed by atoms with Gasteiger partial charge in [0.1, 0.15) is 97.7 Å². The molecule has 0 amide bonds. The topological polar surface area (TPSA) is 396 Å². The first-order valence-corrected chi connectivity index (χ1v) is 27.5. The predicted octanol–water partition coefficient (Wildman–Crippen LogP) is -4.97. The van der Waals surface area contributed by atoms with Crippen LogP contribution in [0.2, 0.25) is 0 Å². The maximum absolute atomic E-state index is 12.2. The molecule has 0 aromatic carbocycles. The normalized spacial score (nSPS) is 58.4. The van der Waals surface area contributed by atoms with E-state index in [1.165, 1.54) is 0 Å². The number of fused-ring (bicyclic) bond motifs is 7. The molecule has 0 radical (unpaired) electrons. The van der Waals surface area contributed by atoms with Crippen LogP contribution in [0.4, 0.5) is 0 Å². The molecule has 10 fully saturated rings. The predicted molar refractivity (Wildman–Crippen MR) is 251 cm³/mol. The van der Waals surface area contributed by atoms with Gasteiger partial charge in [-0.3, -0.25) is 0 Å². The van der Waals surface area contributed by atoms with Crippen LogP contribution in [-0.2, 0) is 47.4 Å². The van der Waals surface area contributed by atoms with Crippen LogP contribution in [0, 0.1) is 52.3 Å². The van der Waals surface area contributed by atoms with E-state index in [0.717, 1.165) is 38.5 Å². The second-order valence-electron chi connectivity index (χ2n) is 24.6. The maximum atomic E-state index is 12.2. The molecule has 4 aliphatic carbocycles. The molecule has 25 nitrogen and oxygen atoms in total. The van der Waals surface area contributed by atoms with Crippen LogP contribution in [0.15, 0.2) is 0 Å². The zero-order chi connectivity index (χ0) is 54.7. The Morgan fingerprint density at radius 3 is 1.68 bits per heavy atom. The maximum Gasteiger partial charge on any atom is 0.187 e. The zero-order valence-electron chi connectivity index (χ0n) is 43.4. The molecule has 1 spiro atoms. The minimum absolute atomic E-state index is 0.0222. The first-order chi connectivity index (χ1) is 36.1. The number of aliphatic hydroxyl groups is 15. The summed E-state index contributed by atoms with van der Waals surface area (Å²) in [6.45, 7) is 6.16. The molecule has 6 heterocycles. The molecule has 0 bridgehead atoms. The van der Waals surface area contributed by atoms with Crippen molar-refractivity contribution in [2.75, 3.05) is 33.0 Å². The third kappa shape index (κ3) is 9.65. The Bertz CT molecular complexity index is 1950. The van der Waals surface area contributed by atoms with Gasteiger partial charge in [0.15, 0.2) is 30.9 Å². The fourth-order valence-corrected chi connectivity index (χ4v) is 16.2. The quantitative estimate of drug-likeness (QED) is 0.0814. The van der Waals surface area contributed by atoms with Gasteiger partial charge in [0.25, 0.3) is 0 Å². The Morgan fingerprint density at radius 1 is 0.487 bits per heavy atom. The molecule has 6 saturated heterocycles. The lowest BCUT2D eigenvalue weighted by Gasteiger charge is -2.62. The molecule has 34 atom stereocenters. The summed E-state index contributed by atoms with van der Waals surface area (Å²) in [6, 6.07) is 0. The highest BCUT2D eigenvalue weighted by Crippen LogP contribution is 2.71. The molecule has 10 aliphatic rings. The highest BCUT2D eigenvalue weighted by Gasteiger charge is 2.73. The van der Waals surface area contributed by atoms with Gasteiger partial charge in [-0.05, 0) is 85.4 Å². The van der Waals surface area contributed by atoms with Gasteiger partial charge in [-0.25, -0.2) is 0 Å². The fraction of sp³-hybridized carbons (Fsp3) is 1.00. The summed E-state index contributed by atoms with van der Waals surface area (Å²) in [5, 5.41) is 164. The van der Waals surface area contributed by atoms with Crippen molar-refractivity contribution >= 4 is 0 Å². The minimum Gasteiger partial charge on any atom is -0.394 e. The Labute approximate surface area is 440 Å². The number of rotatable bonds is 12. The van der Waals surface area contributed by atoms with E-state index in [2.05, 4.69) is 27.7 Å². The zero-order valence-corrected chi connectivity index (χ0v) is 43.4. The average Bonchev–Trinajstić information content (AvgIpc) is 3.96. The van der Waals surface area contributed by atoms with Crippen molar-refractivity contribution in [2.45, 2.75) is 232 Å². The Balaban J connectivity index is 0.798. The van der Waals surface area contributed by atoms with Crippen molar-refractivity contribution in [2.24, 2.45) is 52.3 Å². The molecular weight excluding hydrogens is 1010 g/mol. The van der Waals surface area contributed by atoms with E-state index in [-0.39, 0.29) is 52.4 Å². The van der Waals surface area contributed by atoms with Gasteiger partial charge in [-0.1, -0.05) is 27.7 Å². The highest BCUT2D eigenvalue weighted by atomic mass is 16.8. The van der Waals surface area contributed by atoms with Crippen molar-refractivity contribution in [3.8, 4) is 0 Å². The van der Waals surface area contributed by atoms with Gasteiger partial charge in [-0.2, -0.15) is 0 Å². The summed E-state index contributed by atoms with van der Waals surface area (Å²) in [6.07, 6.45) is -33.1. The van der Waals surface area contributed by atoms with Gasteiger partial charge in [0, 0.05) is 18.3 Å². The van der Waals surface area contributed by atoms with E-state index in [9.17, 15) is 76.6 Å². The van der Waals surface area contributed by atoms with Gasteiger partial charge < -0.3 is 124 Å². The van der Waals surface area contributed by atoms with Crippen molar-refractivity contribution in [3.63, 3.8) is 0 Å². The van der Waals surface area contributed by atoms with E-state index in [0.29, 0.717) is 25.4 Å². The Morgan fingerprint density at radius 2 is 1.04 bits per heavy atom. The van der Waals surface area contributed by atoms with Crippen molar-refractivity contribution < 1.29 is 124 Å². The smallest absolute Gasteiger partial charge is 0.187 e. The highest BCUT2D eigenvalue weighted by molar-refractivity contribution is 5.19. The third-order valence-corrected chi connectivity index (χ3v) is 20.4. The lowest BCUT2D eigenvalue weighted by molar-refractivity contribution is -0.399. The van der Waals surface area contributed by atoms with Crippen LogP contribution < -0.4 is 0 Å². The summed E-state index contributed by atoms with van der Waals surface area (Å²) >= 11 is 0. The van der Waals surface area contributed by atoms with Crippen LogP contribution in [0.25, 0.3) is 0 Å². The molecule has 15 N–H and O–H groups in total. The van der Waals surface area contributed by atoms with Crippen molar-refractivity contribution in [3.05, 3.63) is 0 Å². The summed E-state index contributed by atoms with van der Waals surface area (Å²) in [4.78, 5) is 0.